The quantitative estimate of drug-likeness (QED) is 0.692. The van der Waals surface area contributed by atoms with Crippen molar-refractivity contribution < 1.29 is 9.59 Å². The van der Waals surface area contributed by atoms with E-state index in [-0.39, 0.29) is 6.04 Å². The molecule has 0 radical (unpaired) electrons. The molecule has 0 aliphatic carbocycles. The minimum absolute atomic E-state index is 0.0672. The average molecular weight is 409 g/mol. The number of carbonyl (C=O) groups is 2. The Hall–Kier alpha value is -2.86. The lowest BCUT2D eigenvalue weighted by Gasteiger charge is -2.28. The maximum Gasteiger partial charge on any atom is 0.309 e. The molecule has 6 heteroatoms. The number of benzene rings is 2. The Bertz CT molecular complexity index is 841. The average Bonchev–Trinajstić information content (AvgIpc) is 3.28. The van der Waals surface area contributed by atoms with Gasteiger partial charge < -0.3 is 15.5 Å². The van der Waals surface area contributed by atoms with Gasteiger partial charge in [-0.3, -0.25) is 14.5 Å². The first kappa shape index (κ1) is 21.8. The van der Waals surface area contributed by atoms with Crippen molar-refractivity contribution in [3.8, 4) is 0 Å². The van der Waals surface area contributed by atoms with E-state index in [0.717, 1.165) is 48.3 Å². The van der Waals surface area contributed by atoms with E-state index in [9.17, 15) is 9.59 Å². The van der Waals surface area contributed by atoms with Gasteiger partial charge in [-0.1, -0.05) is 42.0 Å². The highest BCUT2D eigenvalue weighted by molar-refractivity contribution is 6.35. The van der Waals surface area contributed by atoms with Crippen LogP contribution in [0.1, 0.15) is 35.6 Å². The summed E-state index contributed by atoms with van der Waals surface area (Å²) >= 11 is 0. The first-order chi connectivity index (χ1) is 14.4. The van der Waals surface area contributed by atoms with Crippen LogP contribution in [-0.2, 0) is 16.1 Å². The lowest BCUT2D eigenvalue weighted by Crippen LogP contribution is -2.43. The highest BCUT2D eigenvalue weighted by Gasteiger charge is 2.25. The van der Waals surface area contributed by atoms with Crippen molar-refractivity contribution in [2.45, 2.75) is 32.4 Å². The van der Waals surface area contributed by atoms with E-state index in [1.54, 1.807) is 0 Å². The number of amides is 2. The minimum atomic E-state index is -0.598. The molecule has 2 aromatic carbocycles. The van der Waals surface area contributed by atoms with Crippen LogP contribution in [0, 0.1) is 6.92 Å². The zero-order chi connectivity index (χ0) is 21.5. The van der Waals surface area contributed by atoms with Crippen LogP contribution in [0.4, 0.5) is 5.69 Å². The Labute approximate surface area is 179 Å². The van der Waals surface area contributed by atoms with Gasteiger partial charge in [-0.05, 0) is 56.1 Å². The summed E-state index contributed by atoms with van der Waals surface area (Å²) < 4.78 is 0. The number of nitrogens with one attached hydrogen (secondary N) is 2. The van der Waals surface area contributed by atoms with Crippen LogP contribution in [-0.4, -0.2) is 50.4 Å². The normalized spacial score (nSPS) is 14.9. The summed E-state index contributed by atoms with van der Waals surface area (Å²) in [5.41, 5.74) is 4.42. The van der Waals surface area contributed by atoms with Gasteiger partial charge in [0.15, 0.2) is 0 Å². The van der Waals surface area contributed by atoms with Crippen molar-refractivity contribution in [3.05, 3.63) is 65.2 Å². The topological polar surface area (TPSA) is 64.7 Å². The van der Waals surface area contributed by atoms with Crippen molar-refractivity contribution in [1.82, 2.24) is 15.5 Å². The van der Waals surface area contributed by atoms with Gasteiger partial charge in [-0.25, -0.2) is 0 Å². The third-order valence-electron chi connectivity index (χ3n) is 5.61. The number of carbonyl (C=O) groups excluding carboxylic acids is 2. The first-order valence-corrected chi connectivity index (χ1v) is 10.6. The standard InChI is InChI=1S/C24H32N4O2/c1-18-6-8-19(9-7-18)16-25-23(29)24(30)26-17-22(28-14-4-5-15-28)20-10-12-21(13-11-20)27(2)3/h6-13,22H,4-5,14-17H2,1-3H3,(H,25,29)(H,26,30)/t22-/m1/s1. The summed E-state index contributed by atoms with van der Waals surface area (Å²) in [6.07, 6.45) is 2.33. The monoisotopic (exact) mass is 408 g/mol. The Kier molecular flexibility index (Phi) is 7.46. The number of aryl methyl sites for hydroxylation is 1. The molecule has 1 saturated heterocycles. The second kappa shape index (κ2) is 10.3. The first-order valence-electron chi connectivity index (χ1n) is 10.6. The fourth-order valence-corrected chi connectivity index (χ4v) is 3.74. The van der Waals surface area contributed by atoms with Crippen LogP contribution in [0.5, 0.6) is 0 Å². The highest BCUT2D eigenvalue weighted by Crippen LogP contribution is 2.26. The van der Waals surface area contributed by atoms with Gasteiger partial charge in [0.25, 0.3) is 0 Å². The summed E-state index contributed by atoms with van der Waals surface area (Å²) in [7, 11) is 4.03. The minimum Gasteiger partial charge on any atom is -0.378 e. The Morgan fingerprint density at radius 1 is 0.933 bits per heavy atom. The highest BCUT2D eigenvalue weighted by atomic mass is 16.2. The molecule has 1 heterocycles. The molecule has 6 nitrogen and oxygen atoms in total. The van der Waals surface area contributed by atoms with Gasteiger partial charge in [-0.2, -0.15) is 0 Å². The maximum atomic E-state index is 12.4. The van der Waals surface area contributed by atoms with Gasteiger partial charge in [0.1, 0.15) is 0 Å². The predicted octanol–water partition coefficient (Wildman–Crippen LogP) is 2.63. The maximum absolute atomic E-state index is 12.4. The molecule has 1 aliphatic heterocycles. The summed E-state index contributed by atoms with van der Waals surface area (Å²) in [5, 5.41) is 5.54. The molecule has 0 aromatic heterocycles. The molecule has 0 saturated carbocycles. The smallest absolute Gasteiger partial charge is 0.309 e. The van der Waals surface area contributed by atoms with Crippen LogP contribution in [0.2, 0.25) is 0 Å². The zero-order valence-electron chi connectivity index (χ0n) is 18.1. The van der Waals surface area contributed by atoms with Crippen molar-refractivity contribution in [1.29, 1.82) is 0 Å². The number of nitrogens with zero attached hydrogens (tertiary/aromatic N) is 2. The molecule has 1 fully saturated rings. The van der Waals surface area contributed by atoms with E-state index < -0.39 is 11.8 Å². The van der Waals surface area contributed by atoms with Gasteiger partial charge >= 0.3 is 11.8 Å². The van der Waals surface area contributed by atoms with Crippen molar-refractivity contribution in [3.63, 3.8) is 0 Å². The molecule has 1 aliphatic rings. The zero-order valence-corrected chi connectivity index (χ0v) is 18.1. The van der Waals surface area contributed by atoms with Crippen LogP contribution in [0.3, 0.4) is 0 Å². The molecule has 0 spiro atoms. The molecule has 30 heavy (non-hydrogen) atoms. The Morgan fingerprint density at radius 2 is 1.53 bits per heavy atom. The van der Waals surface area contributed by atoms with E-state index in [2.05, 4.69) is 44.7 Å². The molecular weight excluding hydrogens is 376 g/mol. The SMILES string of the molecule is Cc1ccc(CNC(=O)C(=O)NC[C@H](c2ccc(N(C)C)cc2)N2CCCC2)cc1. The fraction of sp³-hybridized carbons (Fsp3) is 0.417. The van der Waals surface area contributed by atoms with Gasteiger partial charge in [-0.15, -0.1) is 0 Å². The van der Waals surface area contributed by atoms with E-state index in [1.807, 2.05) is 45.3 Å². The van der Waals surface area contributed by atoms with Crippen LogP contribution in [0.15, 0.2) is 48.5 Å². The second-order valence-electron chi connectivity index (χ2n) is 8.12. The lowest BCUT2D eigenvalue weighted by molar-refractivity contribution is -0.139. The molecule has 3 rings (SSSR count). The third kappa shape index (κ3) is 5.83. The van der Waals surface area contributed by atoms with Crippen LogP contribution in [0.25, 0.3) is 0 Å². The van der Waals surface area contributed by atoms with Gasteiger partial charge in [0, 0.05) is 32.9 Å². The van der Waals surface area contributed by atoms with E-state index in [4.69, 9.17) is 0 Å². The number of anilines is 1. The fourth-order valence-electron chi connectivity index (χ4n) is 3.74. The molecule has 2 aromatic rings. The molecular formula is C24H32N4O2. The third-order valence-corrected chi connectivity index (χ3v) is 5.61. The van der Waals surface area contributed by atoms with Crippen molar-refractivity contribution in [2.24, 2.45) is 0 Å². The second-order valence-corrected chi connectivity index (χ2v) is 8.12. The number of hydrogen-bond acceptors (Lipinski definition) is 4. The Morgan fingerprint density at radius 3 is 2.13 bits per heavy atom. The van der Waals surface area contributed by atoms with E-state index >= 15 is 0 Å². The molecule has 0 bridgehead atoms. The Balaban J connectivity index is 1.58. The molecule has 160 valence electrons. The number of likely N-dealkylation sites (tertiary alicyclic amines) is 1. The lowest BCUT2D eigenvalue weighted by atomic mass is 10.0. The van der Waals surface area contributed by atoms with Crippen molar-refractivity contribution in [2.75, 3.05) is 38.6 Å². The largest absolute Gasteiger partial charge is 0.378 e. The summed E-state index contributed by atoms with van der Waals surface area (Å²) in [6, 6.07) is 16.4. The van der Waals surface area contributed by atoms with Crippen LogP contribution < -0.4 is 15.5 Å². The molecule has 2 N–H and O–H groups in total. The predicted molar refractivity (Wildman–Crippen MR) is 120 cm³/mol. The molecule has 1 atom stereocenters. The van der Waals surface area contributed by atoms with Gasteiger partial charge in [0.05, 0.1) is 6.04 Å². The van der Waals surface area contributed by atoms with E-state index in [0.29, 0.717) is 13.1 Å². The van der Waals surface area contributed by atoms with Crippen molar-refractivity contribution >= 4 is 17.5 Å². The number of rotatable bonds is 7. The van der Waals surface area contributed by atoms with E-state index in [1.165, 1.54) is 0 Å². The summed E-state index contributed by atoms with van der Waals surface area (Å²) in [6.45, 7) is 4.79. The molecule has 2 amide bonds. The van der Waals surface area contributed by atoms with Gasteiger partial charge in [0.2, 0.25) is 0 Å². The summed E-state index contributed by atoms with van der Waals surface area (Å²) in [5.74, 6) is -1.19. The van der Waals surface area contributed by atoms with Crippen LogP contribution >= 0.6 is 0 Å². The number of hydrogen-bond donors (Lipinski definition) is 2. The molecule has 0 unspecified atom stereocenters. The summed E-state index contributed by atoms with van der Waals surface area (Å²) in [4.78, 5) is 29.0.